The fourth-order valence-corrected chi connectivity index (χ4v) is 3.32. The zero-order valence-electron chi connectivity index (χ0n) is 14.4. The van der Waals surface area contributed by atoms with Crippen molar-refractivity contribution in [2.24, 2.45) is 0 Å². The fraction of sp³-hybridized carbons (Fsp3) is 0.182. The molecular weight excluding hydrogens is 306 g/mol. The lowest BCUT2D eigenvalue weighted by molar-refractivity contribution is 0.267. The molecule has 0 fully saturated rings. The van der Waals surface area contributed by atoms with Crippen molar-refractivity contribution in [3.05, 3.63) is 84.4 Å². The molecule has 0 saturated heterocycles. The quantitative estimate of drug-likeness (QED) is 0.527. The van der Waals surface area contributed by atoms with Crippen LogP contribution in [0.1, 0.15) is 18.3 Å². The topological polar surface area (TPSA) is 29.0 Å². The van der Waals surface area contributed by atoms with Crippen molar-refractivity contribution >= 4 is 21.5 Å². The molecule has 2 heterocycles. The molecule has 0 N–H and O–H groups in total. The largest absolute Gasteiger partial charge is 0.292 e. The zero-order valence-corrected chi connectivity index (χ0v) is 14.4. The van der Waals surface area contributed by atoms with Gasteiger partial charge in [-0.05, 0) is 29.4 Å². The molecule has 0 aliphatic heterocycles. The Kier molecular flexibility index (Phi) is 4.40. The van der Waals surface area contributed by atoms with Crippen LogP contribution in [0.5, 0.6) is 0 Å². The standard InChI is InChI=1S/C22H21N3/c1-2-25(15-21-19-9-5-3-7-17(19)11-13-23-21)16-22-20-10-6-4-8-18(20)12-14-24-22/h3-14H,2,15-16H2,1H3. The number of rotatable bonds is 5. The van der Waals surface area contributed by atoms with Gasteiger partial charge in [-0.15, -0.1) is 0 Å². The Balaban J connectivity index is 1.64. The smallest absolute Gasteiger partial charge is 0.0622 e. The fourth-order valence-electron chi connectivity index (χ4n) is 3.32. The molecule has 2 aromatic heterocycles. The maximum atomic E-state index is 4.64. The van der Waals surface area contributed by atoms with Gasteiger partial charge in [0.25, 0.3) is 0 Å². The van der Waals surface area contributed by atoms with Gasteiger partial charge in [0.2, 0.25) is 0 Å². The molecule has 0 spiro atoms. The van der Waals surface area contributed by atoms with E-state index in [1.807, 2.05) is 12.4 Å². The highest BCUT2D eigenvalue weighted by atomic mass is 15.1. The summed E-state index contributed by atoms with van der Waals surface area (Å²) in [5.74, 6) is 0. The molecule has 25 heavy (non-hydrogen) atoms. The minimum atomic E-state index is 0.822. The number of hydrogen-bond acceptors (Lipinski definition) is 3. The Morgan fingerprint density at radius 1 is 0.680 bits per heavy atom. The van der Waals surface area contributed by atoms with Gasteiger partial charge < -0.3 is 0 Å². The van der Waals surface area contributed by atoms with Crippen molar-refractivity contribution in [3.8, 4) is 0 Å². The van der Waals surface area contributed by atoms with E-state index >= 15 is 0 Å². The van der Waals surface area contributed by atoms with E-state index in [4.69, 9.17) is 0 Å². The van der Waals surface area contributed by atoms with Crippen LogP contribution in [0.25, 0.3) is 21.5 Å². The van der Waals surface area contributed by atoms with Gasteiger partial charge in [-0.2, -0.15) is 0 Å². The molecule has 0 aliphatic carbocycles. The van der Waals surface area contributed by atoms with Gasteiger partial charge in [-0.1, -0.05) is 55.5 Å². The first kappa shape index (κ1) is 15.7. The molecule has 0 atom stereocenters. The molecule has 3 nitrogen and oxygen atoms in total. The average molecular weight is 327 g/mol. The van der Waals surface area contributed by atoms with Crippen LogP contribution in [-0.2, 0) is 13.1 Å². The van der Waals surface area contributed by atoms with Crippen molar-refractivity contribution in [2.45, 2.75) is 20.0 Å². The van der Waals surface area contributed by atoms with Crippen LogP contribution in [0.2, 0.25) is 0 Å². The maximum absolute atomic E-state index is 4.64. The van der Waals surface area contributed by atoms with Crippen LogP contribution in [0.3, 0.4) is 0 Å². The Morgan fingerprint density at radius 2 is 1.16 bits per heavy atom. The summed E-state index contributed by atoms with van der Waals surface area (Å²) in [7, 11) is 0. The third-order valence-corrected chi connectivity index (χ3v) is 4.71. The van der Waals surface area contributed by atoms with Gasteiger partial charge in [0.15, 0.2) is 0 Å². The zero-order chi connectivity index (χ0) is 17.1. The van der Waals surface area contributed by atoms with E-state index < -0.39 is 0 Å². The number of benzene rings is 2. The summed E-state index contributed by atoms with van der Waals surface area (Å²) < 4.78 is 0. The molecule has 0 amide bonds. The summed E-state index contributed by atoms with van der Waals surface area (Å²) >= 11 is 0. The summed E-state index contributed by atoms with van der Waals surface area (Å²) in [6.07, 6.45) is 3.81. The van der Waals surface area contributed by atoms with E-state index in [0.29, 0.717) is 0 Å². The van der Waals surface area contributed by atoms with Crippen molar-refractivity contribution in [1.82, 2.24) is 14.9 Å². The van der Waals surface area contributed by atoms with Crippen LogP contribution < -0.4 is 0 Å². The van der Waals surface area contributed by atoms with E-state index in [-0.39, 0.29) is 0 Å². The summed E-state index contributed by atoms with van der Waals surface area (Å²) in [5, 5.41) is 4.95. The van der Waals surface area contributed by atoms with Crippen LogP contribution in [0.4, 0.5) is 0 Å². The molecular formula is C22H21N3. The van der Waals surface area contributed by atoms with Gasteiger partial charge in [0, 0.05) is 36.3 Å². The second kappa shape index (κ2) is 6.99. The average Bonchev–Trinajstić information content (AvgIpc) is 2.68. The monoisotopic (exact) mass is 327 g/mol. The second-order valence-electron chi connectivity index (χ2n) is 6.26. The summed E-state index contributed by atoms with van der Waals surface area (Å²) in [6.45, 7) is 4.79. The first-order chi connectivity index (χ1) is 12.3. The van der Waals surface area contributed by atoms with Gasteiger partial charge in [-0.25, -0.2) is 0 Å². The third-order valence-electron chi connectivity index (χ3n) is 4.71. The van der Waals surface area contributed by atoms with Gasteiger partial charge in [0.1, 0.15) is 0 Å². The third kappa shape index (κ3) is 3.24. The SMILES string of the molecule is CCN(Cc1nccc2ccccc12)Cc1nccc2ccccc12. The van der Waals surface area contributed by atoms with E-state index in [0.717, 1.165) is 31.0 Å². The predicted molar refractivity (Wildman–Crippen MR) is 103 cm³/mol. The Bertz CT molecular complexity index is 918. The lowest BCUT2D eigenvalue weighted by atomic mass is 10.1. The molecule has 124 valence electrons. The molecule has 0 aliphatic rings. The van der Waals surface area contributed by atoms with Crippen LogP contribution in [-0.4, -0.2) is 21.4 Å². The molecule has 0 saturated carbocycles. The summed E-state index contributed by atoms with van der Waals surface area (Å²) in [5.41, 5.74) is 2.25. The first-order valence-corrected chi connectivity index (χ1v) is 8.73. The lowest BCUT2D eigenvalue weighted by Gasteiger charge is -2.21. The van der Waals surface area contributed by atoms with Gasteiger partial charge in [0.05, 0.1) is 11.4 Å². The van der Waals surface area contributed by atoms with Crippen molar-refractivity contribution in [1.29, 1.82) is 0 Å². The number of hydrogen-bond donors (Lipinski definition) is 0. The Morgan fingerprint density at radius 3 is 1.64 bits per heavy atom. The normalized spacial score (nSPS) is 11.4. The van der Waals surface area contributed by atoms with E-state index in [1.165, 1.54) is 21.5 Å². The highest BCUT2D eigenvalue weighted by Gasteiger charge is 2.11. The van der Waals surface area contributed by atoms with Gasteiger partial charge >= 0.3 is 0 Å². The van der Waals surface area contributed by atoms with E-state index in [2.05, 4.69) is 82.5 Å². The molecule has 4 aromatic rings. The van der Waals surface area contributed by atoms with Crippen molar-refractivity contribution < 1.29 is 0 Å². The van der Waals surface area contributed by atoms with Crippen molar-refractivity contribution in [2.75, 3.05) is 6.54 Å². The minimum absolute atomic E-state index is 0.822. The Hall–Kier alpha value is -2.78. The summed E-state index contributed by atoms with van der Waals surface area (Å²) in [4.78, 5) is 11.7. The highest BCUT2D eigenvalue weighted by Crippen LogP contribution is 2.21. The molecule has 0 unspecified atom stereocenters. The second-order valence-corrected chi connectivity index (χ2v) is 6.26. The van der Waals surface area contributed by atoms with Gasteiger partial charge in [-0.3, -0.25) is 14.9 Å². The molecule has 4 rings (SSSR count). The predicted octanol–water partition coefficient (Wildman–Crippen LogP) is 4.81. The van der Waals surface area contributed by atoms with Crippen LogP contribution in [0.15, 0.2) is 73.1 Å². The lowest BCUT2D eigenvalue weighted by Crippen LogP contribution is -2.23. The number of nitrogens with zero attached hydrogens (tertiary/aromatic N) is 3. The number of fused-ring (bicyclic) bond motifs is 2. The number of pyridine rings is 2. The number of aromatic nitrogens is 2. The molecule has 2 aromatic carbocycles. The highest BCUT2D eigenvalue weighted by molar-refractivity contribution is 5.85. The maximum Gasteiger partial charge on any atom is 0.0622 e. The van der Waals surface area contributed by atoms with E-state index in [1.54, 1.807) is 0 Å². The van der Waals surface area contributed by atoms with E-state index in [9.17, 15) is 0 Å². The Labute approximate surface area is 148 Å². The summed E-state index contributed by atoms with van der Waals surface area (Å²) in [6, 6.07) is 21.0. The van der Waals surface area contributed by atoms with Crippen LogP contribution in [0, 0.1) is 0 Å². The molecule has 0 radical (unpaired) electrons. The van der Waals surface area contributed by atoms with Crippen LogP contribution >= 0.6 is 0 Å². The minimum Gasteiger partial charge on any atom is -0.292 e. The molecule has 0 bridgehead atoms. The van der Waals surface area contributed by atoms with Crippen molar-refractivity contribution in [3.63, 3.8) is 0 Å². The first-order valence-electron chi connectivity index (χ1n) is 8.73. The molecule has 3 heteroatoms.